The van der Waals surface area contributed by atoms with Crippen molar-refractivity contribution < 1.29 is 29.6 Å². The summed E-state index contributed by atoms with van der Waals surface area (Å²) in [6, 6.07) is 6.68. The average Bonchev–Trinajstić information content (AvgIpc) is 2.90. The highest BCUT2D eigenvalue weighted by Gasteiger charge is 2.40. The van der Waals surface area contributed by atoms with E-state index in [0.29, 0.717) is 24.1 Å². The molecular formula is C17H23NO6. The fourth-order valence-electron chi connectivity index (χ4n) is 2.62. The number of amides is 1. The van der Waals surface area contributed by atoms with Crippen LogP contribution in [0.15, 0.2) is 24.3 Å². The number of hydrogen-bond donors (Lipinski definition) is 3. The highest BCUT2D eigenvalue weighted by Crippen LogP contribution is 2.26. The van der Waals surface area contributed by atoms with Gasteiger partial charge in [-0.2, -0.15) is 0 Å². The predicted octanol–water partition coefficient (Wildman–Crippen LogP) is 0.697. The van der Waals surface area contributed by atoms with E-state index in [1.54, 1.807) is 31.2 Å². The molecule has 1 aromatic carbocycles. The van der Waals surface area contributed by atoms with Crippen LogP contribution in [0, 0.1) is 0 Å². The van der Waals surface area contributed by atoms with Crippen LogP contribution in [0.25, 0.3) is 0 Å². The van der Waals surface area contributed by atoms with Crippen molar-refractivity contribution in [2.24, 2.45) is 0 Å². The number of ether oxygens (including phenoxy) is 1. The van der Waals surface area contributed by atoms with Crippen LogP contribution in [0.2, 0.25) is 0 Å². The molecular weight excluding hydrogens is 314 g/mol. The first-order valence-corrected chi connectivity index (χ1v) is 7.96. The monoisotopic (exact) mass is 337 g/mol. The molecule has 1 fully saturated rings. The third-order valence-corrected chi connectivity index (χ3v) is 4.35. The normalized spacial score (nSPS) is 21.5. The van der Waals surface area contributed by atoms with E-state index in [0.717, 1.165) is 0 Å². The third-order valence-electron chi connectivity index (χ3n) is 4.35. The highest BCUT2D eigenvalue weighted by atomic mass is 16.6. The molecule has 1 aromatic rings. The molecule has 1 aliphatic rings. The second-order valence-corrected chi connectivity index (χ2v) is 5.98. The zero-order chi connectivity index (χ0) is 17.9. The molecule has 3 N–H and O–H groups in total. The molecule has 1 amide bonds. The van der Waals surface area contributed by atoms with Crippen molar-refractivity contribution >= 4 is 17.6 Å². The number of carbonyl (C=O) groups excluding carboxylic acids is 2. The Labute approximate surface area is 140 Å². The largest absolute Gasteiger partial charge is 0.459 e. The number of hydrogen-bond acceptors (Lipinski definition) is 6. The lowest BCUT2D eigenvalue weighted by Crippen LogP contribution is -2.48. The van der Waals surface area contributed by atoms with Gasteiger partial charge in [0.15, 0.2) is 5.60 Å². The lowest BCUT2D eigenvalue weighted by molar-refractivity contribution is -0.178. The van der Waals surface area contributed by atoms with E-state index >= 15 is 0 Å². The van der Waals surface area contributed by atoms with Crippen molar-refractivity contribution in [2.75, 3.05) is 4.90 Å². The number of esters is 1. The van der Waals surface area contributed by atoms with Gasteiger partial charge in [-0.15, -0.1) is 0 Å². The lowest BCUT2D eigenvalue weighted by atomic mass is 9.95. The fourth-order valence-corrected chi connectivity index (χ4v) is 2.62. The fraction of sp³-hybridized carbons (Fsp3) is 0.529. The van der Waals surface area contributed by atoms with Crippen LogP contribution >= 0.6 is 0 Å². The van der Waals surface area contributed by atoms with E-state index in [1.165, 1.54) is 11.8 Å². The van der Waals surface area contributed by atoms with Crippen molar-refractivity contribution in [1.29, 1.82) is 0 Å². The molecule has 132 valence electrons. The number of aliphatic hydroxyl groups excluding tert-OH is 2. The number of nitrogens with zero attached hydrogens (tertiary/aromatic N) is 1. The molecule has 1 saturated heterocycles. The van der Waals surface area contributed by atoms with E-state index < -0.39 is 23.9 Å². The summed E-state index contributed by atoms with van der Waals surface area (Å²) in [5.74, 6) is -1.01. The molecule has 0 saturated carbocycles. The van der Waals surface area contributed by atoms with Crippen molar-refractivity contribution in [2.45, 2.75) is 57.6 Å². The molecule has 1 aliphatic heterocycles. The Morgan fingerprint density at radius 2 is 2.04 bits per heavy atom. The molecule has 1 heterocycles. The van der Waals surface area contributed by atoms with Gasteiger partial charge in [0.25, 0.3) is 0 Å². The van der Waals surface area contributed by atoms with E-state index in [-0.39, 0.29) is 18.9 Å². The maximum absolute atomic E-state index is 12.0. The first-order chi connectivity index (χ1) is 11.3. The summed E-state index contributed by atoms with van der Waals surface area (Å²) >= 11 is 0. The summed E-state index contributed by atoms with van der Waals surface area (Å²) in [5, 5.41) is 29.4. The second-order valence-electron chi connectivity index (χ2n) is 5.98. The van der Waals surface area contributed by atoms with Gasteiger partial charge in [-0.25, -0.2) is 4.79 Å². The van der Waals surface area contributed by atoms with E-state index in [1.807, 2.05) is 0 Å². The van der Waals surface area contributed by atoms with Crippen LogP contribution in [0.1, 0.15) is 38.7 Å². The Bertz CT molecular complexity index is 600. The average molecular weight is 337 g/mol. The summed E-state index contributed by atoms with van der Waals surface area (Å²) in [6.45, 7) is 2.85. The molecule has 0 radical (unpaired) electrons. The topological polar surface area (TPSA) is 107 Å². The van der Waals surface area contributed by atoms with Crippen molar-refractivity contribution in [1.82, 2.24) is 0 Å². The summed E-state index contributed by atoms with van der Waals surface area (Å²) in [5.41, 5.74) is -0.683. The molecule has 7 heteroatoms. The Morgan fingerprint density at radius 1 is 1.42 bits per heavy atom. The maximum atomic E-state index is 12.0. The van der Waals surface area contributed by atoms with Gasteiger partial charge in [-0.1, -0.05) is 19.1 Å². The van der Waals surface area contributed by atoms with Gasteiger partial charge in [0, 0.05) is 18.5 Å². The molecule has 0 spiro atoms. The lowest BCUT2D eigenvalue weighted by Gasteiger charge is -2.27. The molecule has 3 unspecified atom stereocenters. The zero-order valence-corrected chi connectivity index (χ0v) is 13.8. The van der Waals surface area contributed by atoms with E-state index in [9.17, 15) is 24.9 Å². The number of carbonyl (C=O) groups is 2. The second kappa shape index (κ2) is 7.29. The number of aliphatic hydroxyl groups is 3. The van der Waals surface area contributed by atoms with Gasteiger partial charge in [-0.05, 0) is 31.0 Å². The van der Waals surface area contributed by atoms with Crippen LogP contribution in [0.3, 0.4) is 0 Å². The Kier molecular flexibility index (Phi) is 5.58. The van der Waals surface area contributed by atoms with Gasteiger partial charge >= 0.3 is 5.97 Å². The summed E-state index contributed by atoms with van der Waals surface area (Å²) in [6.07, 6.45) is -1.29. The SMILES string of the molecule is CCC(O)(C(=O)OCc1ccc(N2C(=O)CCC2O)cc1)C(C)O. The van der Waals surface area contributed by atoms with Gasteiger partial charge in [0.05, 0.1) is 6.10 Å². The zero-order valence-electron chi connectivity index (χ0n) is 13.8. The Morgan fingerprint density at radius 3 is 2.50 bits per heavy atom. The Balaban J connectivity index is 2.00. The quantitative estimate of drug-likeness (QED) is 0.660. The third kappa shape index (κ3) is 3.58. The molecule has 7 nitrogen and oxygen atoms in total. The first-order valence-electron chi connectivity index (χ1n) is 7.96. The van der Waals surface area contributed by atoms with Crippen LogP contribution in [-0.4, -0.2) is 45.1 Å². The minimum atomic E-state index is -1.92. The van der Waals surface area contributed by atoms with Gasteiger partial charge < -0.3 is 20.1 Å². The first kappa shape index (κ1) is 18.4. The Hall–Kier alpha value is -1.96. The van der Waals surface area contributed by atoms with Gasteiger partial charge in [0.2, 0.25) is 5.91 Å². The van der Waals surface area contributed by atoms with Crippen molar-refractivity contribution in [3.63, 3.8) is 0 Å². The van der Waals surface area contributed by atoms with E-state index in [2.05, 4.69) is 0 Å². The smallest absolute Gasteiger partial charge is 0.341 e. The predicted molar refractivity (Wildman–Crippen MR) is 85.9 cm³/mol. The summed E-state index contributed by atoms with van der Waals surface area (Å²) in [7, 11) is 0. The summed E-state index contributed by atoms with van der Waals surface area (Å²) in [4.78, 5) is 25.0. The summed E-state index contributed by atoms with van der Waals surface area (Å²) < 4.78 is 5.07. The van der Waals surface area contributed by atoms with Crippen molar-refractivity contribution in [3.05, 3.63) is 29.8 Å². The van der Waals surface area contributed by atoms with Gasteiger partial charge in [0.1, 0.15) is 12.8 Å². The molecule has 0 aromatic heterocycles. The number of benzene rings is 1. The van der Waals surface area contributed by atoms with Crippen LogP contribution in [0.5, 0.6) is 0 Å². The number of anilines is 1. The van der Waals surface area contributed by atoms with Crippen LogP contribution in [0.4, 0.5) is 5.69 Å². The minimum Gasteiger partial charge on any atom is -0.459 e. The van der Waals surface area contributed by atoms with Crippen molar-refractivity contribution in [3.8, 4) is 0 Å². The standard InChI is InChI=1S/C17H23NO6/c1-3-17(23,11(2)19)16(22)24-10-12-4-6-13(7-5-12)18-14(20)8-9-15(18)21/h4-7,11,14,19-20,23H,3,8-10H2,1-2H3. The highest BCUT2D eigenvalue weighted by molar-refractivity contribution is 5.95. The van der Waals surface area contributed by atoms with Crippen LogP contribution in [-0.2, 0) is 20.9 Å². The number of rotatable bonds is 6. The van der Waals surface area contributed by atoms with Gasteiger partial charge in [-0.3, -0.25) is 9.69 Å². The molecule has 3 atom stereocenters. The van der Waals surface area contributed by atoms with Crippen LogP contribution < -0.4 is 4.90 Å². The maximum Gasteiger partial charge on any atom is 0.341 e. The molecule has 0 bridgehead atoms. The molecule has 24 heavy (non-hydrogen) atoms. The molecule has 2 rings (SSSR count). The minimum absolute atomic E-state index is 0.0391. The van der Waals surface area contributed by atoms with E-state index in [4.69, 9.17) is 4.74 Å². The molecule has 0 aliphatic carbocycles.